The van der Waals surface area contributed by atoms with E-state index in [-0.39, 0.29) is 48.1 Å². The Morgan fingerprint density at radius 3 is 2.33 bits per heavy atom. The van der Waals surface area contributed by atoms with Gasteiger partial charge in [0.25, 0.3) is 0 Å². The van der Waals surface area contributed by atoms with Gasteiger partial charge in [-0.1, -0.05) is 12.1 Å². The van der Waals surface area contributed by atoms with Crippen LogP contribution in [-0.4, -0.2) is 40.1 Å². The third-order valence-electron chi connectivity index (χ3n) is 4.14. The van der Waals surface area contributed by atoms with Gasteiger partial charge in [-0.15, -0.1) is 0 Å². The molecule has 0 saturated heterocycles. The number of Topliss-reactive ketones (excluding diaryl/α,β-unsaturated/α-hetero) is 1. The van der Waals surface area contributed by atoms with Gasteiger partial charge in [-0.25, -0.2) is 4.79 Å². The second-order valence-corrected chi connectivity index (χ2v) is 7.56. The minimum absolute atomic E-state index is 0. The van der Waals surface area contributed by atoms with Gasteiger partial charge >= 0.3 is 35.7 Å². The van der Waals surface area contributed by atoms with E-state index < -0.39 is 40.9 Å². The van der Waals surface area contributed by atoms with E-state index in [1.54, 1.807) is 32.9 Å². The number of rotatable bonds is 6. The van der Waals surface area contributed by atoms with E-state index in [2.05, 4.69) is 5.32 Å². The van der Waals surface area contributed by atoms with Gasteiger partial charge in [0.2, 0.25) is 0 Å². The Kier molecular flexibility index (Phi) is 7.46. The van der Waals surface area contributed by atoms with Crippen molar-refractivity contribution in [3.63, 3.8) is 0 Å². The standard InChI is InChI=1S/C18H24N2O6.Na/c1-17(2,3)26-16(25)20-13(8-10-4-6-11(21)7-5-10)14(22)12-9-18(12,19)15(23)24;/h4-7,12-13,21H,8-9,19H2,1-3H3,(H,20,25)(H,23,24);/q;+1/p-1/t12?,13-,18?;/m0./s1. The molecule has 4 N–H and O–H groups in total. The second kappa shape index (κ2) is 8.60. The van der Waals surface area contributed by atoms with Crippen LogP contribution in [0.25, 0.3) is 0 Å². The third-order valence-corrected chi connectivity index (χ3v) is 4.14. The topological polar surface area (TPSA) is 142 Å². The van der Waals surface area contributed by atoms with Gasteiger partial charge in [-0.3, -0.25) is 4.79 Å². The Morgan fingerprint density at radius 1 is 1.33 bits per heavy atom. The fourth-order valence-corrected chi connectivity index (χ4v) is 2.64. The SMILES string of the molecule is CC(C)(C)OC(=O)N[C@@H](Cc1ccc(O)cc1)C(=O)C1CC1(N)C(=O)[O-].[Na+]. The molecule has 2 rings (SSSR count). The summed E-state index contributed by atoms with van der Waals surface area (Å²) in [7, 11) is 0. The average Bonchev–Trinajstić information content (AvgIpc) is 3.20. The minimum atomic E-state index is -1.69. The van der Waals surface area contributed by atoms with Crippen molar-refractivity contribution >= 4 is 17.8 Å². The first-order chi connectivity index (χ1) is 11.9. The molecule has 3 atom stereocenters. The third kappa shape index (κ3) is 6.21. The first-order valence-electron chi connectivity index (χ1n) is 8.24. The van der Waals surface area contributed by atoms with E-state index in [4.69, 9.17) is 10.5 Å². The summed E-state index contributed by atoms with van der Waals surface area (Å²) in [5.41, 5.74) is 3.89. The van der Waals surface area contributed by atoms with Crippen LogP contribution in [0.4, 0.5) is 4.79 Å². The quantitative estimate of drug-likeness (QED) is 0.439. The molecule has 0 aliphatic heterocycles. The number of alkyl carbamates (subject to hydrolysis) is 1. The predicted octanol–water partition coefficient (Wildman–Crippen LogP) is -3.13. The Bertz CT molecular complexity index is 716. The maximum absolute atomic E-state index is 12.7. The van der Waals surface area contributed by atoms with Crippen molar-refractivity contribution in [2.75, 3.05) is 0 Å². The molecule has 1 saturated carbocycles. The molecule has 9 heteroatoms. The van der Waals surface area contributed by atoms with E-state index in [1.165, 1.54) is 12.1 Å². The number of aliphatic carboxylic acids is 1. The average molecular weight is 386 g/mol. The first kappa shape index (κ1) is 23.4. The maximum atomic E-state index is 12.7. The Balaban J connectivity index is 0.00000364. The number of carbonyl (C=O) groups is 3. The molecule has 8 nitrogen and oxygen atoms in total. The van der Waals surface area contributed by atoms with Crippen LogP contribution in [-0.2, 0) is 20.7 Å². The van der Waals surface area contributed by atoms with Crippen molar-refractivity contribution in [2.24, 2.45) is 11.7 Å². The zero-order chi connectivity index (χ0) is 19.7. The zero-order valence-electron chi connectivity index (χ0n) is 15.9. The zero-order valence-corrected chi connectivity index (χ0v) is 17.9. The number of carboxylic acid groups (broad SMARTS) is 1. The number of carboxylic acids is 1. The van der Waals surface area contributed by atoms with E-state index in [9.17, 15) is 24.6 Å². The molecule has 0 heterocycles. The van der Waals surface area contributed by atoms with E-state index >= 15 is 0 Å². The van der Waals surface area contributed by atoms with E-state index in [1.807, 2.05) is 0 Å². The monoisotopic (exact) mass is 386 g/mol. The van der Waals surface area contributed by atoms with Crippen molar-refractivity contribution in [1.29, 1.82) is 0 Å². The number of phenols is 1. The Hall–Kier alpha value is -1.61. The molecule has 1 amide bonds. The second-order valence-electron chi connectivity index (χ2n) is 7.56. The van der Waals surface area contributed by atoms with E-state index in [0.717, 1.165) is 0 Å². The van der Waals surface area contributed by atoms with E-state index in [0.29, 0.717) is 5.56 Å². The van der Waals surface area contributed by atoms with Crippen LogP contribution < -0.4 is 45.7 Å². The van der Waals surface area contributed by atoms with Crippen molar-refractivity contribution in [1.82, 2.24) is 5.32 Å². The maximum Gasteiger partial charge on any atom is 1.00 e. The molecule has 1 aromatic rings. The van der Waals surface area contributed by atoms with Gasteiger partial charge in [0.15, 0.2) is 5.78 Å². The largest absolute Gasteiger partial charge is 1.00 e. The normalized spacial score (nSPS) is 22.1. The fraction of sp³-hybridized carbons (Fsp3) is 0.500. The summed E-state index contributed by atoms with van der Waals surface area (Å²) in [6.07, 6.45) is -0.708. The van der Waals surface area contributed by atoms with Crippen LogP contribution in [0.3, 0.4) is 0 Å². The van der Waals surface area contributed by atoms with Crippen LogP contribution in [0.2, 0.25) is 0 Å². The van der Waals surface area contributed by atoms with Gasteiger partial charge in [0.05, 0.1) is 17.6 Å². The number of ketones is 1. The molecule has 0 radical (unpaired) electrons. The molecular formula is C18H23N2NaO6. The Morgan fingerprint density at radius 2 is 1.89 bits per heavy atom. The van der Waals surface area contributed by atoms with Crippen molar-refractivity contribution in [3.05, 3.63) is 29.8 Å². The minimum Gasteiger partial charge on any atom is -0.548 e. The summed E-state index contributed by atoms with van der Waals surface area (Å²) < 4.78 is 5.17. The van der Waals surface area contributed by atoms with Crippen LogP contribution in [0.5, 0.6) is 5.75 Å². The van der Waals surface area contributed by atoms with Gasteiger partial charge in [0, 0.05) is 5.92 Å². The van der Waals surface area contributed by atoms with Crippen molar-refractivity contribution in [2.45, 2.75) is 50.8 Å². The van der Waals surface area contributed by atoms with Crippen LogP contribution >= 0.6 is 0 Å². The summed E-state index contributed by atoms with van der Waals surface area (Å²) in [5, 5.41) is 22.9. The smallest absolute Gasteiger partial charge is 0.548 e. The number of hydrogen-bond acceptors (Lipinski definition) is 7. The number of nitrogens with one attached hydrogen (secondary N) is 1. The summed E-state index contributed by atoms with van der Waals surface area (Å²) in [6.45, 7) is 5.06. The number of nitrogens with two attached hydrogens (primary N) is 1. The molecule has 2 unspecified atom stereocenters. The number of aromatic hydroxyl groups is 1. The summed E-state index contributed by atoms with van der Waals surface area (Å²) in [6, 6.07) is 5.11. The van der Waals surface area contributed by atoms with Crippen molar-refractivity contribution in [3.8, 4) is 5.75 Å². The summed E-state index contributed by atoms with van der Waals surface area (Å²) >= 11 is 0. The number of carbonyl (C=O) groups excluding carboxylic acids is 3. The van der Waals surface area contributed by atoms with Crippen molar-refractivity contribution < 1.29 is 58.9 Å². The van der Waals surface area contributed by atoms with Gasteiger partial charge < -0.3 is 30.8 Å². The summed E-state index contributed by atoms with van der Waals surface area (Å²) in [5.74, 6) is -2.84. The van der Waals surface area contributed by atoms with Crippen LogP contribution in [0, 0.1) is 5.92 Å². The molecule has 1 aliphatic rings. The van der Waals surface area contributed by atoms with Gasteiger partial charge in [-0.2, -0.15) is 0 Å². The van der Waals surface area contributed by atoms with Crippen LogP contribution in [0.15, 0.2) is 24.3 Å². The number of amides is 1. The predicted molar refractivity (Wildman–Crippen MR) is 90.0 cm³/mol. The molecule has 0 spiro atoms. The molecule has 27 heavy (non-hydrogen) atoms. The molecular weight excluding hydrogens is 363 g/mol. The van der Waals surface area contributed by atoms with Gasteiger partial charge in [-0.05, 0) is 51.3 Å². The number of hydrogen-bond donors (Lipinski definition) is 3. The number of benzene rings is 1. The molecule has 1 aromatic carbocycles. The molecule has 0 aromatic heterocycles. The number of phenolic OH excluding ortho intramolecular Hbond substituents is 1. The molecule has 1 fully saturated rings. The summed E-state index contributed by atoms with van der Waals surface area (Å²) in [4.78, 5) is 35.9. The Labute approximate surface area is 179 Å². The first-order valence-corrected chi connectivity index (χ1v) is 8.24. The van der Waals surface area contributed by atoms with Crippen LogP contribution in [0.1, 0.15) is 32.8 Å². The number of ether oxygens (including phenoxy) is 1. The fourth-order valence-electron chi connectivity index (χ4n) is 2.64. The van der Waals surface area contributed by atoms with Gasteiger partial charge in [0.1, 0.15) is 11.4 Å². The molecule has 1 aliphatic carbocycles. The molecule has 142 valence electrons. The molecule has 0 bridgehead atoms.